The Morgan fingerprint density at radius 1 is 1.08 bits per heavy atom. The maximum absolute atomic E-state index is 13.6. The summed E-state index contributed by atoms with van der Waals surface area (Å²) in [5, 5.41) is -0.363. The van der Waals surface area contributed by atoms with Crippen LogP contribution in [0.25, 0.3) is 0 Å². The van der Waals surface area contributed by atoms with Crippen LogP contribution in [0.1, 0.15) is 19.4 Å². The molecule has 25 heavy (non-hydrogen) atoms. The summed E-state index contributed by atoms with van der Waals surface area (Å²) in [5.41, 5.74) is -0.300. The third kappa shape index (κ3) is 4.25. The van der Waals surface area contributed by atoms with E-state index in [1.165, 1.54) is 26.4 Å². The lowest BCUT2D eigenvalue weighted by molar-refractivity contribution is -0.108. The molecular weight excluding hydrogens is 350 g/mol. The summed E-state index contributed by atoms with van der Waals surface area (Å²) < 4.78 is 36.9. The lowest BCUT2D eigenvalue weighted by Crippen LogP contribution is -2.33. The molecular formula is C17H18F2N2O3S. The Balaban J connectivity index is 2.35. The molecule has 0 aliphatic heterocycles. The summed E-state index contributed by atoms with van der Waals surface area (Å²) in [6, 6.07) is 5.12. The summed E-state index contributed by atoms with van der Waals surface area (Å²) in [4.78, 5) is 20.0. The molecule has 0 saturated carbocycles. The number of aromatic nitrogens is 2. The highest BCUT2D eigenvalue weighted by Gasteiger charge is 2.33. The van der Waals surface area contributed by atoms with Gasteiger partial charge in [0.15, 0.2) is 16.8 Å². The topological polar surface area (TPSA) is 61.3 Å². The van der Waals surface area contributed by atoms with Crippen LogP contribution in [0.4, 0.5) is 8.78 Å². The molecule has 0 bridgehead atoms. The fraction of sp³-hybridized carbons (Fsp3) is 0.353. The second-order valence-corrected chi connectivity index (χ2v) is 6.87. The van der Waals surface area contributed by atoms with Crippen LogP contribution in [0, 0.1) is 11.6 Å². The smallest absolute Gasteiger partial charge is 0.220 e. The van der Waals surface area contributed by atoms with E-state index in [1.807, 2.05) is 0 Å². The van der Waals surface area contributed by atoms with Gasteiger partial charge in [-0.05, 0) is 17.7 Å². The standard InChI is InChI=1S/C17H18F2N2O3S/c1-17(2,10-5-6-11(18)12(19)7-10)13(9-22)25-16-20-14(23-3)8-15(21-16)24-4/h5-9,13H,1-4H3. The van der Waals surface area contributed by atoms with Crippen molar-refractivity contribution in [3.8, 4) is 11.8 Å². The van der Waals surface area contributed by atoms with E-state index < -0.39 is 22.3 Å². The van der Waals surface area contributed by atoms with Crippen LogP contribution in [0.2, 0.25) is 0 Å². The monoisotopic (exact) mass is 368 g/mol. The van der Waals surface area contributed by atoms with Crippen molar-refractivity contribution in [3.63, 3.8) is 0 Å². The average Bonchev–Trinajstić information content (AvgIpc) is 2.61. The fourth-order valence-electron chi connectivity index (χ4n) is 2.17. The Labute approximate surface area is 148 Å². The number of rotatable bonds is 7. The molecule has 1 unspecified atom stereocenters. The van der Waals surface area contributed by atoms with E-state index in [2.05, 4.69) is 9.97 Å². The molecule has 0 spiro atoms. The third-order valence-electron chi connectivity index (χ3n) is 3.81. The molecule has 5 nitrogen and oxygen atoms in total. The van der Waals surface area contributed by atoms with Crippen LogP contribution in [-0.4, -0.2) is 35.7 Å². The van der Waals surface area contributed by atoms with Crippen molar-refractivity contribution in [2.45, 2.75) is 29.7 Å². The summed E-state index contributed by atoms with van der Waals surface area (Å²) >= 11 is 1.09. The van der Waals surface area contributed by atoms with Gasteiger partial charge in [0.05, 0.1) is 25.5 Å². The Morgan fingerprint density at radius 2 is 1.68 bits per heavy atom. The van der Waals surface area contributed by atoms with Crippen LogP contribution in [0.3, 0.4) is 0 Å². The minimum Gasteiger partial charge on any atom is -0.481 e. The molecule has 134 valence electrons. The highest BCUT2D eigenvalue weighted by atomic mass is 32.2. The van der Waals surface area contributed by atoms with E-state index in [4.69, 9.17) is 9.47 Å². The molecule has 1 heterocycles. The molecule has 0 aliphatic carbocycles. The lowest BCUT2D eigenvalue weighted by atomic mass is 9.81. The van der Waals surface area contributed by atoms with E-state index in [0.717, 1.165) is 30.2 Å². The van der Waals surface area contributed by atoms with Gasteiger partial charge in [-0.1, -0.05) is 31.7 Å². The summed E-state index contributed by atoms with van der Waals surface area (Å²) in [6.45, 7) is 3.53. The maximum Gasteiger partial charge on any atom is 0.220 e. The number of aldehydes is 1. The van der Waals surface area contributed by atoms with E-state index in [-0.39, 0.29) is 5.16 Å². The van der Waals surface area contributed by atoms with Crippen LogP contribution < -0.4 is 9.47 Å². The predicted octanol–water partition coefficient (Wildman–Crippen LogP) is 3.41. The first kappa shape index (κ1) is 19.1. The number of carbonyl (C=O) groups excluding carboxylic acids is 1. The summed E-state index contributed by atoms with van der Waals surface area (Å²) in [5.74, 6) is -1.30. The first-order chi connectivity index (χ1) is 11.8. The van der Waals surface area contributed by atoms with Crippen molar-refractivity contribution in [1.82, 2.24) is 9.97 Å². The van der Waals surface area contributed by atoms with Crippen molar-refractivity contribution in [2.75, 3.05) is 14.2 Å². The van der Waals surface area contributed by atoms with Gasteiger partial charge in [-0.25, -0.2) is 8.78 Å². The minimum atomic E-state index is -0.959. The van der Waals surface area contributed by atoms with Gasteiger partial charge < -0.3 is 14.3 Å². The third-order valence-corrected chi connectivity index (χ3v) is 5.16. The first-order valence-electron chi connectivity index (χ1n) is 7.36. The second kappa shape index (κ2) is 7.77. The molecule has 1 atom stereocenters. The number of thioether (sulfide) groups is 1. The summed E-state index contributed by atoms with van der Waals surface area (Å²) in [6.07, 6.45) is 0.737. The molecule has 1 aromatic carbocycles. The van der Waals surface area contributed by atoms with Crippen molar-refractivity contribution < 1.29 is 23.0 Å². The Morgan fingerprint density at radius 3 is 2.16 bits per heavy atom. The molecule has 1 aromatic heterocycles. The van der Waals surface area contributed by atoms with E-state index in [0.29, 0.717) is 17.3 Å². The normalized spacial score (nSPS) is 12.6. The van der Waals surface area contributed by atoms with Gasteiger partial charge in [0.1, 0.15) is 6.29 Å². The number of methoxy groups -OCH3 is 2. The minimum absolute atomic E-state index is 0.281. The van der Waals surface area contributed by atoms with Gasteiger partial charge in [-0.2, -0.15) is 9.97 Å². The van der Waals surface area contributed by atoms with Gasteiger partial charge >= 0.3 is 0 Å². The second-order valence-electron chi connectivity index (χ2n) is 5.76. The Hall–Kier alpha value is -2.22. The largest absolute Gasteiger partial charge is 0.481 e. The number of carbonyl (C=O) groups is 1. The Kier molecular flexibility index (Phi) is 5.94. The highest BCUT2D eigenvalue weighted by molar-refractivity contribution is 8.00. The fourth-order valence-corrected chi connectivity index (χ4v) is 3.16. The Bertz CT molecular complexity index is 749. The first-order valence-corrected chi connectivity index (χ1v) is 8.24. The number of benzene rings is 1. The average molecular weight is 368 g/mol. The van der Waals surface area contributed by atoms with E-state index >= 15 is 0 Å². The maximum atomic E-state index is 13.6. The van der Waals surface area contributed by atoms with Crippen molar-refractivity contribution in [2.24, 2.45) is 0 Å². The van der Waals surface area contributed by atoms with Crippen LogP contribution in [-0.2, 0) is 10.2 Å². The van der Waals surface area contributed by atoms with Crippen molar-refractivity contribution in [1.29, 1.82) is 0 Å². The van der Waals surface area contributed by atoms with Gasteiger partial charge in [-0.15, -0.1) is 0 Å². The zero-order valence-corrected chi connectivity index (χ0v) is 15.1. The van der Waals surface area contributed by atoms with E-state index in [9.17, 15) is 13.6 Å². The molecule has 2 aromatic rings. The molecule has 0 N–H and O–H groups in total. The van der Waals surface area contributed by atoms with Crippen LogP contribution in [0.5, 0.6) is 11.8 Å². The zero-order valence-electron chi connectivity index (χ0n) is 14.2. The van der Waals surface area contributed by atoms with Crippen LogP contribution >= 0.6 is 11.8 Å². The molecule has 2 rings (SSSR count). The predicted molar refractivity (Wildman–Crippen MR) is 90.2 cm³/mol. The quantitative estimate of drug-likeness (QED) is 0.424. The number of hydrogen-bond acceptors (Lipinski definition) is 6. The molecule has 0 aliphatic rings. The van der Waals surface area contributed by atoms with Crippen LogP contribution in [0.15, 0.2) is 29.4 Å². The number of hydrogen-bond donors (Lipinski definition) is 0. The molecule has 0 radical (unpaired) electrons. The van der Waals surface area contributed by atoms with Gasteiger partial charge in [0.2, 0.25) is 11.8 Å². The highest BCUT2D eigenvalue weighted by Crippen LogP contribution is 2.37. The number of halogens is 2. The van der Waals surface area contributed by atoms with E-state index in [1.54, 1.807) is 13.8 Å². The van der Waals surface area contributed by atoms with Gasteiger partial charge in [-0.3, -0.25) is 0 Å². The van der Waals surface area contributed by atoms with Crippen molar-refractivity contribution >= 4 is 18.0 Å². The number of nitrogens with zero attached hydrogens (tertiary/aromatic N) is 2. The summed E-state index contributed by atoms with van der Waals surface area (Å²) in [7, 11) is 2.91. The lowest BCUT2D eigenvalue weighted by Gasteiger charge is -2.30. The molecule has 0 amide bonds. The zero-order chi connectivity index (χ0) is 18.6. The molecule has 8 heteroatoms. The van der Waals surface area contributed by atoms with Gasteiger partial charge in [0.25, 0.3) is 0 Å². The van der Waals surface area contributed by atoms with Gasteiger partial charge in [0, 0.05) is 5.41 Å². The SMILES string of the molecule is COc1cc(OC)nc(SC(C=O)C(C)(C)c2ccc(F)c(F)c2)n1. The molecule has 0 saturated heterocycles. The van der Waals surface area contributed by atoms with Crippen molar-refractivity contribution in [3.05, 3.63) is 41.5 Å². The number of ether oxygens (including phenoxy) is 2. The molecule has 0 fully saturated rings.